The molecule has 0 atom stereocenters. The molecule has 0 saturated carbocycles. The first-order valence-corrected chi connectivity index (χ1v) is 8.61. The maximum absolute atomic E-state index is 12.7. The van der Waals surface area contributed by atoms with Crippen molar-refractivity contribution in [2.75, 3.05) is 18.5 Å². The number of aromatic nitrogens is 1. The topological polar surface area (TPSA) is 72.6 Å². The van der Waals surface area contributed by atoms with E-state index >= 15 is 0 Å². The molecule has 0 saturated heterocycles. The van der Waals surface area contributed by atoms with Crippen LogP contribution in [0, 0.1) is 0 Å². The number of ether oxygens (including phenoxy) is 1. The molecule has 3 aromatic rings. The fourth-order valence-corrected chi connectivity index (χ4v) is 3.26. The number of hydrogen-bond acceptors (Lipinski definition) is 5. The summed E-state index contributed by atoms with van der Waals surface area (Å²) in [6, 6.07) is 17.3. The summed E-state index contributed by atoms with van der Waals surface area (Å²) in [5.41, 5.74) is 1.26. The van der Waals surface area contributed by atoms with E-state index in [0.717, 1.165) is 0 Å². The van der Waals surface area contributed by atoms with Gasteiger partial charge in [-0.2, -0.15) is 8.42 Å². The average Bonchev–Trinajstić information content (AvgIpc) is 3.13. The van der Waals surface area contributed by atoms with Crippen molar-refractivity contribution in [3.63, 3.8) is 0 Å². The Kier molecular flexibility index (Phi) is 4.26. The first kappa shape index (κ1) is 16.1. The molecule has 0 bridgehead atoms. The van der Waals surface area contributed by atoms with Crippen LogP contribution in [0.15, 0.2) is 70.2 Å². The van der Waals surface area contributed by atoms with Crippen LogP contribution in [0.4, 0.5) is 5.69 Å². The van der Waals surface area contributed by atoms with Crippen molar-refractivity contribution in [2.45, 2.75) is 5.03 Å². The Hall–Kier alpha value is -2.80. The van der Waals surface area contributed by atoms with Crippen LogP contribution >= 0.6 is 0 Å². The van der Waals surface area contributed by atoms with E-state index in [2.05, 4.69) is 5.16 Å². The van der Waals surface area contributed by atoms with Gasteiger partial charge in [0, 0.05) is 18.7 Å². The summed E-state index contributed by atoms with van der Waals surface area (Å²) in [5.74, 6) is 1.08. The maximum atomic E-state index is 12.7. The molecule has 2 aromatic carbocycles. The fourth-order valence-electron chi connectivity index (χ4n) is 2.19. The van der Waals surface area contributed by atoms with E-state index in [1.165, 1.54) is 17.4 Å². The number of sulfonamides is 1. The van der Waals surface area contributed by atoms with Gasteiger partial charge in [0.15, 0.2) is 5.76 Å². The van der Waals surface area contributed by atoms with Gasteiger partial charge in [-0.05, 0) is 36.4 Å². The van der Waals surface area contributed by atoms with Gasteiger partial charge >= 0.3 is 0 Å². The minimum absolute atomic E-state index is 0.139. The van der Waals surface area contributed by atoms with E-state index in [9.17, 15) is 8.42 Å². The molecule has 0 aliphatic carbocycles. The van der Waals surface area contributed by atoms with Crippen LogP contribution in [-0.4, -0.2) is 27.7 Å². The number of anilines is 1. The zero-order chi connectivity index (χ0) is 17.2. The summed E-state index contributed by atoms with van der Waals surface area (Å²) in [6.07, 6.45) is 0. The summed E-state index contributed by atoms with van der Waals surface area (Å²) in [7, 11) is -0.733. The molecule has 0 aliphatic rings. The monoisotopic (exact) mass is 344 g/mol. The highest BCUT2D eigenvalue weighted by molar-refractivity contribution is 7.92. The van der Waals surface area contributed by atoms with Crippen LogP contribution in [-0.2, 0) is 10.0 Å². The highest BCUT2D eigenvalue weighted by atomic mass is 32.2. The predicted molar refractivity (Wildman–Crippen MR) is 90.5 cm³/mol. The van der Waals surface area contributed by atoms with E-state index in [0.29, 0.717) is 22.8 Å². The number of benzene rings is 2. The van der Waals surface area contributed by atoms with Crippen molar-refractivity contribution in [1.82, 2.24) is 5.16 Å². The van der Waals surface area contributed by atoms with Crippen LogP contribution in [0.25, 0.3) is 11.3 Å². The van der Waals surface area contributed by atoms with Gasteiger partial charge in [-0.1, -0.05) is 23.4 Å². The Labute approximate surface area is 140 Å². The third-order valence-electron chi connectivity index (χ3n) is 3.61. The lowest BCUT2D eigenvalue weighted by Crippen LogP contribution is -2.26. The van der Waals surface area contributed by atoms with Crippen molar-refractivity contribution in [2.24, 2.45) is 0 Å². The summed E-state index contributed by atoms with van der Waals surface area (Å²) in [5, 5.41) is 3.58. The van der Waals surface area contributed by atoms with Gasteiger partial charge in [0.1, 0.15) is 5.75 Å². The van der Waals surface area contributed by atoms with Crippen molar-refractivity contribution in [3.8, 4) is 17.1 Å². The SMILES string of the molecule is COc1ccc(-c2cc(S(=O)(=O)N(C)c3ccccc3)no2)cc1. The summed E-state index contributed by atoms with van der Waals surface area (Å²) < 4.78 is 36.8. The van der Waals surface area contributed by atoms with Gasteiger partial charge in [0.2, 0.25) is 5.03 Å². The highest BCUT2D eigenvalue weighted by Gasteiger charge is 2.25. The van der Waals surface area contributed by atoms with E-state index in [-0.39, 0.29) is 5.03 Å². The normalized spacial score (nSPS) is 11.2. The van der Waals surface area contributed by atoms with Crippen LogP contribution in [0.3, 0.4) is 0 Å². The molecule has 0 fully saturated rings. The van der Waals surface area contributed by atoms with E-state index in [1.807, 2.05) is 6.07 Å². The summed E-state index contributed by atoms with van der Waals surface area (Å²) >= 11 is 0. The van der Waals surface area contributed by atoms with E-state index in [4.69, 9.17) is 9.26 Å². The largest absolute Gasteiger partial charge is 0.497 e. The van der Waals surface area contributed by atoms with Crippen molar-refractivity contribution < 1.29 is 17.7 Å². The Balaban J connectivity index is 1.91. The quantitative estimate of drug-likeness (QED) is 0.711. The minimum Gasteiger partial charge on any atom is -0.497 e. The molecule has 6 nitrogen and oxygen atoms in total. The molecular formula is C17H16N2O4S. The van der Waals surface area contributed by atoms with Crippen LogP contribution in [0.1, 0.15) is 0 Å². The van der Waals surface area contributed by atoms with Gasteiger partial charge in [0.25, 0.3) is 10.0 Å². The zero-order valence-electron chi connectivity index (χ0n) is 13.2. The van der Waals surface area contributed by atoms with Gasteiger partial charge in [-0.15, -0.1) is 0 Å². The van der Waals surface area contributed by atoms with Crippen LogP contribution < -0.4 is 9.04 Å². The second-order valence-electron chi connectivity index (χ2n) is 5.07. The zero-order valence-corrected chi connectivity index (χ0v) is 14.0. The van der Waals surface area contributed by atoms with Gasteiger partial charge in [-0.25, -0.2) is 0 Å². The van der Waals surface area contributed by atoms with Gasteiger partial charge < -0.3 is 9.26 Å². The third-order valence-corrected chi connectivity index (χ3v) is 5.26. The second-order valence-corrected chi connectivity index (χ2v) is 6.98. The van der Waals surface area contributed by atoms with Crippen LogP contribution in [0.2, 0.25) is 0 Å². The molecule has 24 heavy (non-hydrogen) atoms. The molecule has 124 valence electrons. The Morgan fingerprint density at radius 2 is 1.71 bits per heavy atom. The second kappa shape index (κ2) is 6.37. The lowest BCUT2D eigenvalue weighted by atomic mass is 10.2. The highest BCUT2D eigenvalue weighted by Crippen LogP contribution is 2.27. The predicted octanol–water partition coefficient (Wildman–Crippen LogP) is 3.18. The summed E-state index contributed by atoms with van der Waals surface area (Å²) in [6.45, 7) is 0. The molecule has 1 heterocycles. The number of nitrogens with zero attached hydrogens (tertiary/aromatic N) is 2. The first-order valence-electron chi connectivity index (χ1n) is 7.17. The Morgan fingerprint density at radius 1 is 1.04 bits per heavy atom. The Bertz CT molecular complexity index is 919. The third kappa shape index (κ3) is 2.98. The molecule has 0 aliphatic heterocycles. The summed E-state index contributed by atoms with van der Waals surface area (Å²) in [4.78, 5) is 0. The Morgan fingerprint density at radius 3 is 2.33 bits per heavy atom. The van der Waals surface area contributed by atoms with Crippen molar-refractivity contribution >= 4 is 15.7 Å². The molecular weight excluding hydrogens is 328 g/mol. The van der Waals surface area contributed by atoms with E-state index in [1.54, 1.807) is 55.6 Å². The van der Waals surface area contributed by atoms with Crippen molar-refractivity contribution in [3.05, 3.63) is 60.7 Å². The average molecular weight is 344 g/mol. The van der Waals surface area contributed by atoms with Crippen LogP contribution in [0.5, 0.6) is 5.75 Å². The molecule has 3 rings (SSSR count). The molecule has 0 unspecified atom stereocenters. The molecule has 0 N–H and O–H groups in total. The minimum atomic E-state index is -3.79. The standard InChI is InChI=1S/C17H16N2O4S/c1-19(14-6-4-3-5-7-14)24(20,21)17-12-16(23-18-17)13-8-10-15(22-2)11-9-13/h3-12H,1-2H3. The lowest BCUT2D eigenvalue weighted by molar-refractivity contribution is 0.410. The maximum Gasteiger partial charge on any atom is 0.285 e. The molecule has 7 heteroatoms. The number of rotatable bonds is 5. The smallest absolute Gasteiger partial charge is 0.285 e. The molecule has 1 aromatic heterocycles. The number of hydrogen-bond donors (Lipinski definition) is 0. The van der Waals surface area contributed by atoms with Crippen molar-refractivity contribution in [1.29, 1.82) is 0 Å². The van der Waals surface area contributed by atoms with E-state index < -0.39 is 10.0 Å². The number of para-hydroxylation sites is 1. The molecule has 0 amide bonds. The number of methoxy groups -OCH3 is 1. The lowest BCUT2D eigenvalue weighted by Gasteiger charge is -2.17. The fraction of sp³-hybridized carbons (Fsp3) is 0.118. The van der Waals surface area contributed by atoms with Gasteiger partial charge in [0.05, 0.1) is 12.8 Å². The first-order chi connectivity index (χ1) is 11.5. The molecule has 0 radical (unpaired) electrons. The molecule has 0 spiro atoms. The van der Waals surface area contributed by atoms with Gasteiger partial charge in [-0.3, -0.25) is 4.31 Å².